The second-order valence-electron chi connectivity index (χ2n) is 4.15. The molecule has 0 radical (unpaired) electrons. The van der Waals surface area contributed by atoms with Gasteiger partial charge < -0.3 is 9.55 Å². The summed E-state index contributed by atoms with van der Waals surface area (Å²) in [4.78, 5) is 11.2. The monoisotopic (exact) mass is 254 g/mol. The molecule has 0 atom stereocenters. The molecule has 98 valence electrons. The van der Waals surface area contributed by atoms with Crippen molar-refractivity contribution >= 4 is 0 Å². The lowest BCUT2D eigenvalue weighted by molar-refractivity contribution is 0.761. The Morgan fingerprint density at radius 1 is 1.16 bits per heavy atom. The molecule has 0 aliphatic carbocycles. The first-order valence-electron chi connectivity index (χ1n) is 6.32. The molecule has 2 heterocycles. The van der Waals surface area contributed by atoms with E-state index < -0.39 is 0 Å². The molecule has 0 saturated carbocycles. The Balaban J connectivity index is 0.000000148. The van der Waals surface area contributed by atoms with Gasteiger partial charge in [-0.25, -0.2) is 9.97 Å². The van der Waals surface area contributed by atoms with Gasteiger partial charge in [0.05, 0.1) is 12.0 Å². The quantitative estimate of drug-likeness (QED) is 0.762. The van der Waals surface area contributed by atoms with Crippen LogP contribution in [0.25, 0.3) is 11.4 Å². The second kappa shape index (κ2) is 6.54. The maximum atomic E-state index is 4.13. The molecule has 0 aliphatic rings. The molecule has 0 aliphatic heterocycles. The maximum Gasteiger partial charge on any atom is 0.137 e. The Hall–Kier alpha value is -2.36. The summed E-state index contributed by atoms with van der Waals surface area (Å²) >= 11 is 0. The molecule has 1 N–H and O–H groups in total. The largest absolute Gasteiger partial charge is 0.345 e. The summed E-state index contributed by atoms with van der Waals surface area (Å²) in [5.74, 6) is 0.922. The molecule has 19 heavy (non-hydrogen) atoms. The maximum absolute atomic E-state index is 4.13. The molecule has 0 bridgehead atoms. The van der Waals surface area contributed by atoms with Crippen molar-refractivity contribution in [2.45, 2.75) is 20.4 Å². The lowest BCUT2D eigenvalue weighted by Crippen LogP contribution is -1.86. The zero-order valence-corrected chi connectivity index (χ0v) is 11.2. The van der Waals surface area contributed by atoms with Crippen LogP contribution in [-0.2, 0) is 6.54 Å². The van der Waals surface area contributed by atoms with Gasteiger partial charge in [0.25, 0.3) is 0 Å². The fourth-order valence-corrected chi connectivity index (χ4v) is 1.66. The van der Waals surface area contributed by atoms with Crippen LogP contribution in [0.1, 0.15) is 12.6 Å². The third-order valence-electron chi connectivity index (χ3n) is 2.67. The number of imidazole rings is 2. The van der Waals surface area contributed by atoms with E-state index >= 15 is 0 Å². The molecule has 2 aromatic heterocycles. The van der Waals surface area contributed by atoms with Gasteiger partial charge in [0.15, 0.2) is 0 Å². The van der Waals surface area contributed by atoms with E-state index in [4.69, 9.17) is 0 Å². The predicted octanol–water partition coefficient (Wildman–Crippen LogP) is 3.29. The molecular weight excluding hydrogens is 236 g/mol. The minimum absolute atomic E-state index is 0.922. The lowest BCUT2D eigenvalue weighted by atomic mass is 10.2. The van der Waals surface area contributed by atoms with E-state index in [1.54, 1.807) is 6.20 Å². The van der Waals surface area contributed by atoms with Gasteiger partial charge >= 0.3 is 0 Å². The summed E-state index contributed by atoms with van der Waals surface area (Å²) in [6.45, 7) is 5.11. The average molecular weight is 254 g/mol. The normalized spacial score (nSPS) is 9.79. The van der Waals surface area contributed by atoms with Crippen LogP contribution in [0.15, 0.2) is 55.2 Å². The van der Waals surface area contributed by atoms with E-state index in [1.165, 1.54) is 0 Å². The minimum Gasteiger partial charge on any atom is -0.345 e. The van der Waals surface area contributed by atoms with Crippen LogP contribution in [0.3, 0.4) is 0 Å². The Bertz CT molecular complexity index is 582. The highest BCUT2D eigenvalue weighted by Crippen LogP contribution is 2.11. The number of rotatable bonds is 2. The Morgan fingerprint density at radius 3 is 2.42 bits per heavy atom. The van der Waals surface area contributed by atoms with E-state index in [2.05, 4.69) is 26.4 Å². The van der Waals surface area contributed by atoms with Crippen LogP contribution >= 0.6 is 0 Å². The molecule has 4 heteroatoms. The summed E-state index contributed by atoms with van der Waals surface area (Å²) in [6.07, 6.45) is 7.44. The highest BCUT2D eigenvalue weighted by molar-refractivity contribution is 5.53. The molecule has 0 spiro atoms. The van der Waals surface area contributed by atoms with Crippen LogP contribution in [0, 0.1) is 6.92 Å². The number of H-pyrrole nitrogens is 1. The van der Waals surface area contributed by atoms with Gasteiger partial charge in [-0.1, -0.05) is 30.3 Å². The number of aromatic amines is 1. The highest BCUT2D eigenvalue weighted by Gasteiger charge is 1.94. The second-order valence-corrected chi connectivity index (χ2v) is 4.15. The topological polar surface area (TPSA) is 46.5 Å². The first kappa shape index (κ1) is 13.1. The van der Waals surface area contributed by atoms with Gasteiger partial charge in [-0.05, 0) is 13.8 Å². The zero-order valence-electron chi connectivity index (χ0n) is 11.2. The average Bonchev–Trinajstić information content (AvgIpc) is 3.11. The van der Waals surface area contributed by atoms with E-state index in [9.17, 15) is 0 Å². The van der Waals surface area contributed by atoms with E-state index in [0.717, 1.165) is 23.6 Å². The van der Waals surface area contributed by atoms with Crippen LogP contribution in [0.5, 0.6) is 0 Å². The van der Waals surface area contributed by atoms with Crippen LogP contribution < -0.4 is 0 Å². The number of aromatic nitrogens is 4. The van der Waals surface area contributed by atoms with E-state index in [0.29, 0.717) is 0 Å². The molecule has 0 fully saturated rings. The molecule has 0 unspecified atom stereocenters. The minimum atomic E-state index is 0.922. The van der Waals surface area contributed by atoms with Crippen molar-refractivity contribution in [2.24, 2.45) is 0 Å². The molecule has 3 aromatic rings. The Kier molecular flexibility index (Phi) is 4.50. The van der Waals surface area contributed by atoms with Crippen molar-refractivity contribution in [1.29, 1.82) is 0 Å². The van der Waals surface area contributed by atoms with Gasteiger partial charge in [0.1, 0.15) is 5.82 Å². The van der Waals surface area contributed by atoms with Crippen molar-refractivity contribution in [3.05, 3.63) is 60.9 Å². The number of hydrogen-bond acceptors (Lipinski definition) is 2. The van der Waals surface area contributed by atoms with Gasteiger partial charge in [-0.2, -0.15) is 0 Å². The van der Waals surface area contributed by atoms with E-state index in [1.807, 2.05) is 56.0 Å². The third kappa shape index (κ3) is 3.81. The fraction of sp³-hybridized carbons (Fsp3) is 0.200. The summed E-state index contributed by atoms with van der Waals surface area (Å²) in [5.41, 5.74) is 2.21. The predicted molar refractivity (Wildman–Crippen MR) is 76.7 cm³/mol. The molecule has 3 rings (SSSR count). The fourth-order valence-electron chi connectivity index (χ4n) is 1.66. The van der Waals surface area contributed by atoms with Crippen LogP contribution in [-0.4, -0.2) is 19.5 Å². The SMILES string of the molecule is CCn1cnc(C)c1.c1ccc(-c2ncc[nH]2)cc1. The number of aryl methyl sites for hydroxylation is 2. The smallest absolute Gasteiger partial charge is 0.137 e. The van der Waals surface area contributed by atoms with Gasteiger partial charge in [-0.3, -0.25) is 0 Å². The van der Waals surface area contributed by atoms with Crippen molar-refractivity contribution in [3.8, 4) is 11.4 Å². The first-order chi connectivity index (χ1) is 9.29. The summed E-state index contributed by atoms with van der Waals surface area (Å²) in [5, 5.41) is 0. The molecule has 4 nitrogen and oxygen atoms in total. The highest BCUT2D eigenvalue weighted by atomic mass is 15.0. The first-order valence-corrected chi connectivity index (χ1v) is 6.32. The summed E-state index contributed by atoms with van der Waals surface area (Å²) in [6, 6.07) is 10.0. The molecule has 0 saturated heterocycles. The third-order valence-corrected chi connectivity index (χ3v) is 2.67. The molecule has 0 amide bonds. The van der Waals surface area contributed by atoms with Crippen LogP contribution in [0.4, 0.5) is 0 Å². The van der Waals surface area contributed by atoms with Crippen LogP contribution in [0.2, 0.25) is 0 Å². The Labute approximate surface area is 113 Å². The van der Waals surface area contributed by atoms with Crippen molar-refractivity contribution in [2.75, 3.05) is 0 Å². The number of nitrogens with one attached hydrogen (secondary N) is 1. The summed E-state index contributed by atoms with van der Waals surface area (Å²) < 4.78 is 2.05. The molecule has 1 aromatic carbocycles. The number of nitrogens with zero attached hydrogens (tertiary/aromatic N) is 3. The standard InChI is InChI=1S/C9H8N2.C6H10N2/c1-2-4-8(5-3-1)9-10-6-7-11-9;1-3-8-4-6(2)7-5-8/h1-7H,(H,10,11);4-5H,3H2,1-2H3. The zero-order chi connectivity index (χ0) is 13.5. The van der Waals surface area contributed by atoms with Crippen molar-refractivity contribution in [1.82, 2.24) is 19.5 Å². The van der Waals surface area contributed by atoms with Crippen molar-refractivity contribution < 1.29 is 0 Å². The van der Waals surface area contributed by atoms with Gasteiger partial charge in [-0.15, -0.1) is 0 Å². The van der Waals surface area contributed by atoms with Crippen molar-refractivity contribution in [3.63, 3.8) is 0 Å². The Morgan fingerprint density at radius 2 is 1.95 bits per heavy atom. The van der Waals surface area contributed by atoms with Gasteiger partial charge in [0, 0.05) is 30.7 Å². The number of hydrogen-bond donors (Lipinski definition) is 1. The molecular formula is C15H18N4. The lowest BCUT2D eigenvalue weighted by Gasteiger charge is -1.92. The summed E-state index contributed by atoms with van der Waals surface area (Å²) in [7, 11) is 0. The number of benzene rings is 1. The van der Waals surface area contributed by atoms with Gasteiger partial charge in [0.2, 0.25) is 0 Å². The van der Waals surface area contributed by atoms with E-state index in [-0.39, 0.29) is 0 Å².